The van der Waals surface area contributed by atoms with Gasteiger partial charge in [-0.1, -0.05) is 6.92 Å². The molecule has 0 radical (unpaired) electrons. The Balaban J connectivity index is 3.42. The van der Waals surface area contributed by atoms with Crippen LogP contribution in [-0.4, -0.2) is 63.4 Å². The van der Waals surface area contributed by atoms with Crippen LogP contribution in [-0.2, 0) is 23.7 Å². The third-order valence-corrected chi connectivity index (χ3v) is 3.12. The highest BCUT2D eigenvalue weighted by Crippen LogP contribution is 2.21. The number of rotatable bonds is 13. The molecule has 0 aliphatic heterocycles. The van der Waals surface area contributed by atoms with Gasteiger partial charge in [0, 0.05) is 0 Å². The van der Waals surface area contributed by atoms with Gasteiger partial charge in [-0.15, -0.1) is 0 Å². The molecule has 0 aromatic heterocycles. The van der Waals surface area contributed by atoms with Gasteiger partial charge in [-0.2, -0.15) is 0 Å². The summed E-state index contributed by atoms with van der Waals surface area (Å²) in [6.45, 7) is 9.90. The predicted molar refractivity (Wildman–Crippen MR) is 79.2 cm³/mol. The van der Waals surface area contributed by atoms with Gasteiger partial charge in [-0.3, -0.25) is 4.79 Å². The number of hydrogen-bond acceptors (Lipinski definition) is 6. The molecule has 6 heteroatoms. The van der Waals surface area contributed by atoms with Gasteiger partial charge in [-0.05, 0) is 27.2 Å². The number of aliphatic hydroxyl groups excluding tert-OH is 1. The summed E-state index contributed by atoms with van der Waals surface area (Å²) < 4.78 is 21.0. The van der Waals surface area contributed by atoms with Crippen LogP contribution in [0.1, 0.15) is 34.1 Å². The van der Waals surface area contributed by atoms with Crippen molar-refractivity contribution < 1.29 is 28.8 Å². The van der Waals surface area contributed by atoms with E-state index in [1.807, 2.05) is 27.7 Å². The van der Waals surface area contributed by atoms with Gasteiger partial charge in [-0.25, -0.2) is 0 Å². The van der Waals surface area contributed by atoms with E-state index in [9.17, 15) is 4.79 Å². The minimum atomic E-state index is -0.437. The van der Waals surface area contributed by atoms with E-state index in [4.69, 9.17) is 24.1 Å². The van der Waals surface area contributed by atoms with Crippen LogP contribution in [0.25, 0.3) is 0 Å². The lowest BCUT2D eigenvalue weighted by Gasteiger charge is -2.20. The molecule has 0 aliphatic carbocycles. The zero-order chi connectivity index (χ0) is 16.1. The third-order valence-electron chi connectivity index (χ3n) is 3.12. The van der Waals surface area contributed by atoms with E-state index in [1.54, 1.807) is 0 Å². The van der Waals surface area contributed by atoms with Gasteiger partial charge in [0.05, 0.1) is 51.2 Å². The first-order valence-electron chi connectivity index (χ1n) is 7.49. The quantitative estimate of drug-likeness (QED) is 0.409. The molecule has 0 saturated carbocycles. The molecule has 1 N–H and O–H groups in total. The second-order valence-electron chi connectivity index (χ2n) is 5.47. The molecule has 0 saturated heterocycles. The molecule has 0 heterocycles. The van der Waals surface area contributed by atoms with Gasteiger partial charge >= 0.3 is 5.97 Å². The maximum Gasteiger partial charge on any atom is 0.311 e. The van der Waals surface area contributed by atoms with Crippen LogP contribution < -0.4 is 0 Å². The smallest absolute Gasteiger partial charge is 0.311 e. The van der Waals surface area contributed by atoms with Crippen LogP contribution in [0, 0.1) is 5.41 Å². The molecule has 1 unspecified atom stereocenters. The largest absolute Gasteiger partial charge is 0.463 e. The van der Waals surface area contributed by atoms with E-state index in [-0.39, 0.29) is 25.3 Å². The number of carbonyl (C=O) groups excluding carboxylic acids is 1. The molecule has 0 fully saturated rings. The van der Waals surface area contributed by atoms with Crippen molar-refractivity contribution >= 4 is 5.97 Å². The average Bonchev–Trinajstić information content (AvgIpc) is 2.46. The van der Waals surface area contributed by atoms with Crippen LogP contribution in [0.5, 0.6) is 0 Å². The van der Waals surface area contributed by atoms with E-state index in [0.717, 1.165) is 6.42 Å². The fourth-order valence-electron chi connectivity index (χ4n) is 1.31. The van der Waals surface area contributed by atoms with Crippen LogP contribution in [0.15, 0.2) is 0 Å². The highest BCUT2D eigenvalue weighted by atomic mass is 16.6. The van der Waals surface area contributed by atoms with Crippen molar-refractivity contribution in [1.29, 1.82) is 0 Å². The molecule has 0 aliphatic rings. The molecule has 6 nitrogen and oxygen atoms in total. The SMILES string of the molecule is CCC(C)(C)C(=O)OCCOCCOC(C)COCCO. The highest BCUT2D eigenvalue weighted by molar-refractivity contribution is 5.75. The van der Waals surface area contributed by atoms with Crippen LogP contribution >= 0.6 is 0 Å². The standard InChI is InChI=1S/C15H30O6/c1-5-15(3,4)14(17)21-11-9-18-8-10-20-13(2)12-19-7-6-16/h13,16H,5-12H2,1-4H3. The molecule has 0 spiro atoms. The fourth-order valence-corrected chi connectivity index (χ4v) is 1.31. The van der Waals surface area contributed by atoms with Crippen molar-refractivity contribution in [3.8, 4) is 0 Å². The summed E-state index contributed by atoms with van der Waals surface area (Å²) in [5.74, 6) is -0.195. The lowest BCUT2D eigenvalue weighted by atomic mass is 9.91. The van der Waals surface area contributed by atoms with E-state index in [1.165, 1.54) is 0 Å². The molecule has 1 atom stereocenters. The second kappa shape index (κ2) is 11.9. The molecule has 126 valence electrons. The average molecular weight is 306 g/mol. The van der Waals surface area contributed by atoms with Crippen molar-refractivity contribution in [1.82, 2.24) is 0 Å². The van der Waals surface area contributed by atoms with Crippen molar-refractivity contribution in [2.45, 2.75) is 40.2 Å². The molecule has 0 aromatic rings. The summed E-state index contributed by atoms with van der Waals surface area (Å²) >= 11 is 0. The number of ether oxygens (including phenoxy) is 4. The monoisotopic (exact) mass is 306 g/mol. The second-order valence-corrected chi connectivity index (χ2v) is 5.47. The molecule has 0 bridgehead atoms. The summed E-state index contributed by atoms with van der Waals surface area (Å²) in [6.07, 6.45) is 0.708. The van der Waals surface area contributed by atoms with Gasteiger partial charge < -0.3 is 24.1 Å². The number of carbonyl (C=O) groups is 1. The Morgan fingerprint density at radius 1 is 1.10 bits per heavy atom. The summed E-state index contributed by atoms with van der Waals surface area (Å²) in [5, 5.41) is 8.56. The van der Waals surface area contributed by atoms with E-state index in [2.05, 4.69) is 0 Å². The van der Waals surface area contributed by atoms with E-state index >= 15 is 0 Å². The van der Waals surface area contributed by atoms with Crippen molar-refractivity contribution in [2.24, 2.45) is 5.41 Å². The molecule has 0 amide bonds. The van der Waals surface area contributed by atoms with E-state index < -0.39 is 5.41 Å². The predicted octanol–water partition coefficient (Wildman–Crippen LogP) is 1.40. The Morgan fingerprint density at radius 2 is 1.76 bits per heavy atom. The summed E-state index contributed by atoms with van der Waals surface area (Å²) in [4.78, 5) is 11.7. The Labute approximate surface area is 127 Å². The Hall–Kier alpha value is -0.690. The highest BCUT2D eigenvalue weighted by Gasteiger charge is 2.26. The lowest BCUT2D eigenvalue weighted by Crippen LogP contribution is -2.27. The molecular formula is C15H30O6. The topological polar surface area (TPSA) is 74.2 Å². The number of hydrogen-bond donors (Lipinski definition) is 1. The van der Waals surface area contributed by atoms with Crippen LogP contribution in [0.4, 0.5) is 0 Å². The molecule has 0 rings (SSSR count). The zero-order valence-electron chi connectivity index (χ0n) is 13.7. The minimum absolute atomic E-state index is 0.0173. The molecule has 0 aromatic carbocycles. The number of aliphatic hydroxyl groups is 1. The van der Waals surface area contributed by atoms with Crippen molar-refractivity contribution in [3.05, 3.63) is 0 Å². The summed E-state index contributed by atoms with van der Waals surface area (Å²) in [7, 11) is 0. The Morgan fingerprint density at radius 3 is 2.38 bits per heavy atom. The van der Waals surface area contributed by atoms with Crippen molar-refractivity contribution in [2.75, 3.05) is 46.2 Å². The first-order chi connectivity index (χ1) is 9.94. The van der Waals surface area contributed by atoms with Gasteiger partial charge in [0.1, 0.15) is 6.61 Å². The fraction of sp³-hybridized carbons (Fsp3) is 0.933. The van der Waals surface area contributed by atoms with Crippen LogP contribution in [0.3, 0.4) is 0 Å². The third kappa shape index (κ3) is 10.6. The van der Waals surface area contributed by atoms with Gasteiger partial charge in [0.2, 0.25) is 0 Å². The number of esters is 1. The maximum absolute atomic E-state index is 11.7. The zero-order valence-corrected chi connectivity index (χ0v) is 13.7. The van der Waals surface area contributed by atoms with E-state index in [0.29, 0.717) is 33.0 Å². The first-order valence-corrected chi connectivity index (χ1v) is 7.49. The summed E-state index contributed by atoms with van der Waals surface area (Å²) in [6, 6.07) is 0. The first kappa shape index (κ1) is 20.3. The van der Waals surface area contributed by atoms with Gasteiger partial charge in [0.15, 0.2) is 0 Å². The van der Waals surface area contributed by atoms with Gasteiger partial charge in [0.25, 0.3) is 0 Å². The minimum Gasteiger partial charge on any atom is -0.463 e. The molecule has 21 heavy (non-hydrogen) atoms. The molecular weight excluding hydrogens is 276 g/mol. The Bertz CT molecular complexity index is 267. The summed E-state index contributed by atoms with van der Waals surface area (Å²) in [5.41, 5.74) is -0.437. The van der Waals surface area contributed by atoms with Crippen LogP contribution in [0.2, 0.25) is 0 Å². The lowest BCUT2D eigenvalue weighted by molar-refractivity contribution is -0.155. The normalized spacial score (nSPS) is 13.2. The maximum atomic E-state index is 11.7. The van der Waals surface area contributed by atoms with Crippen molar-refractivity contribution in [3.63, 3.8) is 0 Å². The Kier molecular flexibility index (Phi) is 11.5.